The van der Waals surface area contributed by atoms with Gasteiger partial charge in [0.05, 0.1) is 16.5 Å². The van der Waals surface area contributed by atoms with E-state index < -0.39 is 10.0 Å². The fraction of sp³-hybridized carbons (Fsp3) is 0.500. The van der Waals surface area contributed by atoms with Gasteiger partial charge in [0, 0.05) is 24.1 Å². The van der Waals surface area contributed by atoms with E-state index in [1.165, 1.54) is 12.1 Å². The maximum atomic E-state index is 12.1. The number of ether oxygens (including phenoxy) is 1. The van der Waals surface area contributed by atoms with Crippen molar-refractivity contribution in [1.82, 2.24) is 4.72 Å². The Kier molecular flexibility index (Phi) is 4.06. The first-order valence-corrected chi connectivity index (χ1v) is 7.91. The van der Waals surface area contributed by atoms with E-state index >= 15 is 0 Å². The lowest BCUT2D eigenvalue weighted by Gasteiger charge is -2.24. The first-order chi connectivity index (χ1) is 8.81. The Labute approximate surface area is 118 Å². The number of nitrogens with two attached hydrogens (primary N) is 1. The summed E-state index contributed by atoms with van der Waals surface area (Å²) >= 11 is 6.08. The molecule has 0 bridgehead atoms. The SMILES string of the molecule is CC(C)NS(=O)(=O)c1cc(Cl)c2c(c1)C(N)CCO2. The van der Waals surface area contributed by atoms with Gasteiger partial charge >= 0.3 is 0 Å². The molecule has 106 valence electrons. The number of hydrogen-bond donors (Lipinski definition) is 2. The van der Waals surface area contributed by atoms with Crippen LogP contribution in [0, 0.1) is 0 Å². The van der Waals surface area contributed by atoms with Crippen LogP contribution in [-0.2, 0) is 10.0 Å². The Morgan fingerprint density at radius 1 is 1.47 bits per heavy atom. The number of halogens is 1. The quantitative estimate of drug-likeness (QED) is 0.892. The van der Waals surface area contributed by atoms with E-state index in [1.807, 2.05) is 0 Å². The third kappa shape index (κ3) is 3.02. The molecule has 0 saturated carbocycles. The van der Waals surface area contributed by atoms with Crippen molar-refractivity contribution in [2.24, 2.45) is 5.73 Å². The molecule has 3 N–H and O–H groups in total. The summed E-state index contributed by atoms with van der Waals surface area (Å²) in [5.74, 6) is 0.490. The minimum atomic E-state index is -3.58. The number of sulfonamides is 1. The Morgan fingerprint density at radius 2 is 2.16 bits per heavy atom. The Bertz CT molecular complexity index is 587. The van der Waals surface area contributed by atoms with Crippen LogP contribution < -0.4 is 15.2 Å². The van der Waals surface area contributed by atoms with Crippen LogP contribution in [0.4, 0.5) is 0 Å². The van der Waals surface area contributed by atoms with Gasteiger partial charge < -0.3 is 10.5 Å². The van der Waals surface area contributed by atoms with Crippen LogP contribution in [0.2, 0.25) is 5.02 Å². The lowest BCUT2D eigenvalue weighted by molar-refractivity contribution is 0.269. The number of fused-ring (bicyclic) bond motifs is 1. The highest BCUT2D eigenvalue weighted by Gasteiger charge is 2.25. The smallest absolute Gasteiger partial charge is 0.240 e. The van der Waals surface area contributed by atoms with Crippen LogP contribution in [0.5, 0.6) is 5.75 Å². The lowest BCUT2D eigenvalue weighted by Crippen LogP contribution is -2.30. The van der Waals surface area contributed by atoms with Crippen LogP contribution >= 0.6 is 11.6 Å². The molecule has 1 aliphatic heterocycles. The summed E-state index contributed by atoms with van der Waals surface area (Å²) in [4.78, 5) is 0.117. The van der Waals surface area contributed by atoms with Crippen molar-refractivity contribution >= 4 is 21.6 Å². The van der Waals surface area contributed by atoms with E-state index in [0.717, 1.165) is 0 Å². The van der Waals surface area contributed by atoms with Gasteiger partial charge in [-0.1, -0.05) is 11.6 Å². The minimum absolute atomic E-state index is 0.117. The predicted octanol–water partition coefficient (Wildman–Crippen LogP) is 1.81. The maximum Gasteiger partial charge on any atom is 0.240 e. The molecule has 1 aliphatic rings. The van der Waals surface area contributed by atoms with Gasteiger partial charge in [-0.05, 0) is 26.0 Å². The highest BCUT2D eigenvalue weighted by molar-refractivity contribution is 7.89. The summed E-state index contributed by atoms with van der Waals surface area (Å²) in [6, 6.07) is 2.49. The summed E-state index contributed by atoms with van der Waals surface area (Å²) in [7, 11) is -3.58. The molecule has 0 fully saturated rings. The normalized spacial score (nSPS) is 19.1. The zero-order chi connectivity index (χ0) is 14.2. The average Bonchev–Trinajstić information content (AvgIpc) is 2.28. The molecule has 0 radical (unpaired) electrons. The molecular formula is C12H17ClN2O3S. The molecule has 7 heteroatoms. The van der Waals surface area contributed by atoms with E-state index in [0.29, 0.717) is 24.3 Å². The van der Waals surface area contributed by atoms with E-state index in [1.54, 1.807) is 13.8 Å². The number of nitrogens with one attached hydrogen (secondary N) is 1. The van der Waals surface area contributed by atoms with Crippen molar-refractivity contribution < 1.29 is 13.2 Å². The number of rotatable bonds is 3. The van der Waals surface area contributed by atoms with Crippen molar-refractivity contribution in [2.45, 2.75) is 37.2 Å². The van der Waals surface area contributed by atoms with Crippen molar-refractivity contribution in [3.63, 3.8) is 0 Å². The molecule has 5 nitrogen and oxygen atoms in total. The van der Waals surface area contributed by atoms with Crippen molar-refractivity contribution in [3.05, 3.63) is 22.7 Å². The van der Waals surface area contributed by atoms with Crippen molar-refractivity contribution in [1.29, 1.82) is 0 Å². The van der Waals surface area contributed by atoms with Gasteiger partial charge in [0.15, 0.2) is 0 Å². The van der Waals surface area contributed by atoms with Gasteiger partial charge in [-0.3, -0.25) is 0 Å². The zero-order valence-corrected chi connectivity index (χ0v) is 12.4. The predicted molar refractivity (Wildman–Crippen MR) is 73.9 cm³/mol. The second kappa shape index (κ2) is 5.28. The molecule has 0 aromatic heterocycles. The van der Waals surface area contributed by atoms with Gasteiger partial charge in [-0.25, -0.2) is 13.1 Å². The molecule has 0 aliphatic carbocycles. The summed E-state index contributed by atoms with van der Waals surface area (Å²) in [6.07, 6.45) is 0.643. The monoisotopic (exact) mass is 304 g/mol. The zero-order valence-electron chi connectivity index (χ0n) is 10.8. The van der Waals surface area contributed by atoms with Crippen LogP contribution in [0.25, 0.3) is 0 Å². The molecule has 1 heterocycles. The molecule has 1 aromatic rings. The molecular weight excluding hydrogens is 288 g/mol. The molecule has 0 amide bonds. The van der Waals surface area contributed by atoms with E-state index in [-0.39, 0.29) is 22.0 Å². The van der Waals surface area contributed by atoms with Gasteiger partial charge in [-0.2, -0.15) is 0 Å². The Hall–Kier alpha value is -0.820. The topological polar surface area (TPSA) is 81.4 Å². The van der Waals surface area contributed by atoms with Crippen molar-refractivity contribution in [3.8, 4) is 5.75 Å². The third-order valence-electron chi connectivity index (χ3n) is 2.82. The molecule has 0 saturated heterocycles. The van der Waals surface area contributed by atoms with Crippen LogP contribution in [0.3, 0.4) is 0 Å². The first kappa shape index (κ1) is 14.6. The first-order valence-electron chi connectivity index (χ1n) is 6.05. The third-order valence-corrected chi connectivity index (χ3v) is 4.74. The highest BCUT2D eigenvalue weighted by Crippen LogP contribution is 2.38. The molecule has 1 unspecified atom stereocenters. The summed E-state index contributed by atoms with van der Waals surface area (Å²) < 4.78 is 32.2. The van der Waals surface area contributed by atoms with Crippen LogP contribution in [-0.4, -0.2) is 21.1 Å². The molecule has 2 rings (SSSR count). The second-order valence-electron chi connectivity index (χ2n) is 4.84. The molecule has 1 aromatic carbocycles. The standard InChI is InChI=1S/C12H17ClN2O3S/c1-7(2)15-19(16,17)8-5-9-11(14)3-4-18-12(9)10(13)6-8/h5-7,11,15H,3-4,14H2,1-2H3. The van der Waals surface area contributed by atoms with E-state index in [2.05, 4.69) is 4.72 Å². The molecule has 0 spiro atoms. The number of benzene rings is 1. The van der Waals surface area contributed by atoms with Gasteiger partial charge in [0.2, 0.25) is 10.0 Å². The summed E-state index contributed by atoms with van der Waals surface area (Å²) in [5, 5.41) is 0.275. The number of hydrogen-bond acceptors (Lipinski definition) is 4. The fourth-order valence-electron chi connectivity index (χ4n) is 1.99. The van der Waals surface area contributed by atoms with Gasteiger partial charge in [0.25, 0.3) is 0 Å². The van der Waals surface area contributed by atoms with Gasteiger partial charge in [0.1, 0.15) is 5.75 Å². The molecule has 19 heavy (non-hydrogen) atoms. The van der Waals surface area contributed by atoms with E-state index in [9.17, 15) is 8.42 Å². The second-order valence-corrected chi connectivity index (χ2v) is 6.96. The van der Waals surface area contributed by atoms with E-state index in [4.69, 9.17) is 22.1 Å². The average molecular weight is 305 g/mol. The summed E-state index contributed by atoms with van der Waals surface area (Å²) in [5.41, 5.74) is 6.62. The minimum Gasteiger partial charge on any atom is -0.492 e. The highest BCUT2D eigenvalue weighted by atomic mass is 35.5. The van der Waals surface area contributed by atoms with Crippen LogP contribution in [0.1, 0.15) is 31.9 Å². The van der Waals surface area contributed by atoms with Crippen LogP contribution in [0.15, 0.2) is 17.0 Å². The largest absolute Gasteiger partial charge is 0.492 e. The molecule has 1 atom stereocenters. The maximum absolute atomic E-state index is 12.1. The lowest BCUT2D eigenvalue weighted by atomic mass is 10.0. The van der Waals surface area contributed by atoms with Crippen molar-refractivity contribution in [2.75, 3.05) is 6.61 Å². The Balaban J connectivity index is 2.50. The Morgan fingerprint density at radius 3 is 2.79 bits per heavy atom. The summed E-state index contributed by atoms with van der Waals surface area (Å²) in [6.45, 7) is 4.00. The van der Waals surface area contributed by atoms with Gasteiger partial charge in [-0.15, -0.1) is 0 Å². The fourth-order valence-corrected chi connectivity index (χ4v) is 3.65.